The summed E-state index contributed by atoms with van der Waals surface area (Å²) >= 11 is 5.43. The minimum atomic E-state index is -0.118. The molecule has 0 spiro atoms. The molecule has 0 aromatic carbocycles. The van der Waals surface area contributed by atoms with Crippen LogP contribution in [0.1, 0.15) is 41.0 Å². The zero-order valence-corrected chi connectivity index (χ0v) is 13.6. The van der Waals surface area contributed by atoms with E-state index in [9.17, 15) is 0 Å². The van der Waals surface area contributed by atoms with Gasteiger partial charge >= 0.3 is 0 Å². The molecular weight excluding hydrogens is 268 g/mol. The highest BCUT2D eigenvalue weighted by Gasteiger charge is 2.30. The fourth-order valence-electron chi connectivity index (χ4n) is 2.92. The topological polar surface area (TPSA) is 46.5 Å². The maximum atomic E-state index is 5.43. The largest absolute Gasteiger partial charge is 0.294 e. The first-order valence-corrected chi connectivity index (χ1v) is 7.20. The molecule has 1 N–H and O–H groups in total. The third kappa shape index (κ3) is 3.15. The van der Waals surface area contributed by atoms with E-state index in [0.717, 1.165) is 17.8 Å². The van der Waals surface area contributed by atoms with Gasteiger partial charge in [0.1, 0.15) is 0 Å². The molecule has 0 amide bonds. The smallest absolute Gasteiger partial charge is 0.195 e. The Labute approximate surface area is 125 Å². The first-order valence-electron chi connectivity index (χ1n) is 6.79. The number of aromatic nitrogens is 4. The highest BCUT2D eigenvalue weighted by atomic mass is 32.1. The molecular formula is C15H22N4S. The highest BCUT2D eigenvalue weighted by molar-refractivity contribution is 7.71. The van der Waals surface area contributed by atoms with Crippen molar-refractivity contribution in [2.75, 3.05) is 0 Å². The Hall–Kier alpha value is -1.49. The monoisotopic (exact) mass is 290 g/mol. The molecule has 0 fully saturated rings. The molecule has 0 aliphatic rings. The molecule has 0 unspecified atom stereocenters. The molecule has 2 rings (SSSR count). The number of H-pyrrole nitrogens is 1. The van der Waals surface area contributed by atoms with Crippen molar-refractivity contribution in [1.29, 1.82) is 0 Å². The van der Waals surface area contributed by atoms with Gasteiger partial charge in [-0.05, 0) is 50.0 Å². The van der Waals surface area contributed by atoms with Crippen molar-refractivity contribution in [3.63, 3.8) is 0 Å². The molecule has 0 saturated heterocycles. The van der Waals surface area contributed by atoms with Gasteiger partial charge in [0.15, 0.2) is 10.6 Å². The van der Waals surface area contributed by atoms with E-state index in [-0.39, 0.29) is 11.0 Å². The normalized spacial score (nSPS) is 12.7. The lowest BCUT2D eigenvalue weighted by atomic mass is 9.81. The number of hydrogen-bond acceptors (Lipinski definition) is 3. The Balaban J connectivity index is 2.53. The van der Waals surface area contributed by atoms with Crippen molar-refractivity contribution in [1.82, 2.24) is 19.7 Å². The number of aromatic amines is 1. The van der Waals surface area contributed by atoms with Crippen LogP contribution in [0.4, 0.5) is 0 Å². The van der Waals surface area contributed by atoms with Crippen LogP contribution in [0, 0.1) is 10.2 Å². The molecule has 108 valence electrons. The number of pyridine rings is 1. The molecule has 0 atom stereocenters. The van der Waals surface area contributed by atoms with Crippen molar-refractivity contribution in [2.24, 2.45) is 5.41 Å². The fourth-order valence-corrected chi connectivity index (χ4v) is 3.30. The molecule has 20 heavy (non-hydrogen) atoms. The van der Waals surface area contributed by atoms with Crippen LogP contribution in [0.3, 0.4) is 0 Å². The quantitative estimate of drug-likeness (QED) is 0.863. The van der Waals surface area contributed by atoms with E-state index in [4.69, 9.17) is 12.2 Å². The Morgan fingerprint density at radius 3 is 2.50 bits per heavy atom. The van der Waals surface area contributed by atoms with E-state index < -0.39 is 0 Å². The van der Waals surface area contributed by atoms with E-state index in [1.165, 1.54) is 0 Å². The maximum absolute atomic E-state index is 5.43. The summed E-state index contributed by atoms with van der Waals surface area (Å²) in [4.78, 5) is 4.17. The molecule has 5 heteroatoms. The summed E-state index contributed by atoms with van der Waals surface area (Å²) in [5.41, 5.74) is 1.07. The lowest BCUT2D eigenvalue weighted by Crippen LogP contribution is -2.32. The molecule has 0 radical (unpaired) electrons. The molecule has 0 aliphatic carbocycles. The summed E-state index contributed by atoms with van der Waals surface area (Å²) in [6.45, 7) is 11.1. The number of nitrogens with one attached hydrogen (secondary N) is 1. The summed E-state index contributed by atoms with van der Waals surface area (Å²) in [6, 6.07) is 3.91. The Kier molecular flexibility index (Phi) is 3.82. The van der Waals surface area contributed by atoms with Crippen LogP contribution in [0.15, 0.2) is 24.5 Å². The fraction of sp³-hybridized carbons (Fsp3) is 0.533. The number of hydrogen-bond donors (Lipinski definition) is 1. The van der Waals surface area contributed by atoms with Crippen LogP contribution in [-0.4, -0.2) is 19.7 Å². The Morgan fingerprint density at radius 1 is 1.25 bits per heavy atom. The van der Waals surface area contributed by atoms with Crippen LogP contribution in [0.2, 0.25) is 0 Å². The lowest BCUT2D eigenvalue weighted by Gasteiger charge is -2.34. The van der Waals surface area contributed by atoms with Gasteiger partial charge in [0.2, 0.25) is 0 Å². The molecule has 0 bridgehead atoms. The van der Waals surface area contributed by atoms with E-state index >= 15 is 0 Å². The predicted octanol–water partition coefficient (Wildman–Crippen LogP) is 4.17. The lowest BCUT2D eigenvalue weighted by molar-refractivity contribution is 0.214. The van der Waals surface area contributed by atoms with Gasteiger partial charge in [-0.1, -0.05) is 20.8 Å². The van der Waals surface area contributed by atoms with Crippen LogP contribution >= 0.6 is 12.2 Å². The van der Waals surface area contributed by atoms with Gasteiger partial charge in [0, 0.05) is 23.5 Å². The molecule has 2 aromatic heterocycles. The van der Waals surface area contributed by atoms with Gasteiger partial charge in [-0.2, -0.15) is 5.10 Å². The average molecular weight is 290 g/mol. The van der Waals surface area contributed by atoms with Crippen LogP contribution in [0.25, 0.3) is 11.4 Å². The standard InChI is InChI=1S/C15H22N4S/c1-14(2,3)10-15(4,5)19-12(17-18-13(19)20)11-7-6-8-16-9-11/h6-9H,10H2,1-5H3,(H,18,20). The minimum absolute atomic E-state index is 0.118. The number of rotatable bonds is 3. The van der Waals surface area contributed by atoms with Crippen LogP contribution in [-0.2, 0) is 5.54 Å². The third-order valence-electron chi connectivity index (χ3n) is 3.16. The molecule has 0 aliphatic heterocycles. The minimum Gasteiger partial charge on any atom is -0.294 e. The summed E-state index contributed by atoms with van der Waals surface area (Å²) in [5.74, 6) is 0.845. The first-order chi connectivity index (χ1) is 9.21. The van der Waals surface area contributed by atoms with E-state index in [0.29, 0.717) is 4.77 Å². The summed E-state index contributed by atoms with van der Waals surface area (Å²) in [5, 5.41) is 7.30. The molecule has 0 saturated carbocycles. The van der Waals surface area contributed by atoms with Crippen molar-refractivity contribution >= 4 is 12.2 Å². The van der Waals surface area contributed by atoms with E-state index in [1.54, 1.807) is 6.20 Å². The summed E-state index contributed by atoms with van der Waals surface area (Å²) in [6.07, 6.45) is 4.57. The second kappa shape index (κ2) is 5.13. The average Bonchev–Trinajstić information content (AvgIpc) is 2.70. The van der Waals surface area contributed by atoms with Crippen molar-refractivity contribution in [2.45, 2.75) is 46.6 Å². The highest BCUT2D eigenvalue weighted by Crippen LogP contribution is 2.34. The number of nitrogens with zero attached hydrogens (tertiary/aromatic N) is 3. The molecule has 2 heterocycles. The van der Waals surface area contributed by atoms with Gasteiger partial charge in [0.05, 0.1) is 0 Å². The van der Waals surface area contributed by atoms with Crippen molar-refractivity contribution in [3.05, 3.63) is 29.3 Å². The Morgan fingerprint density at radius 2 is 1.95 bits per heavy atom. The predicted molar refractivity (Wildman–Crippen MR) is 84.0 cm³/mol. The van der Waals surface area contributed by atoms with Crippen molar-refractivity contribution in [3.8, 4) is 11.4 Å². The SMILES string of the molecule is CC(C)(C)CC(C)(C)n1c(-c2cccnc2)n[nH]c1=S. The first kappa shape index (κ1) is 14.9. The van der Waals surface area contributed by atoms with E-state index in [1.807, 2.05) is 18.3 Å². The van der Waals surface area contributed by atoms with Crippen LogP contribution in [0.5, 0.6) is 0 Å². The Bertz CT molecular complexity index is 632. The van der Waals surface area contributed by atoms with Gasteiger partial charge in [-0.25, -0.2) is 0 Å². The van der Waals surface area contributed by atoms with Gasteiger partial charge in [0.25, 0.3) is 0 Å². The van der Waals surface area contributed by atoms with Gasteiger partial charge < -0.3 is 0 Å². The van der Waals surface area contributed by atoms with Gasteiger partial charge in [-0.15, -0.1) is 0 Å². The van der Waals surface area contributed by atoms with Crippen LogP contribution < -0.4 is 0 Å². The third-order valence-corrected chi connectivity index (χ3v) is 3.43. The second-order valence-corrected chi connectivity index (χ2v) is 7.37. The van der Waals surface area contributed by atoms with Crippen molar-refractivity contribution < 1.29 is 0 Å². The summed E-state index contributed by atoms with van der Waals surface area (Å²) < 4.78 is 2.75. The molecule has 4 nitrogen and oxygen atoms in total. The maximum Gasteiger partial charge on any atom is 0.195 e. The second-order valence-electron chi connectivity index (χ2n) is 6.98. The zero-order chi connectivity index (χ0) is 15.0. The van der Waals surface area contributed by atoms with Gasteiger partial charge in [-0.3, -0.25) is 14.6 Å². The van der Waals surface area contributed by atoms with E-state index in [2.05, 4.69) is 54.4 Å². The zero-order valence-electron chi connectivity index (χ0n) is 12.8. The molecule has 2 aromatic rings. The summed E-state index contributed by atoms with van der Waals surface area (Å²) in [7, 11) is 0.